The molecule has 0 saturated carbocycles. The summed E-state index contributed by atoms with van der Waals surface area (Å²) in [5, 5.41) is 2.48. The molecule has 4 rings (SSSR count). The van der Waals surface area contributed by atoms with Gasteiger partial charge < -0.3 is 4.90 Å². The zero-order chi connectivity index (χ0) is 12.1. The third kappa shape index (κ3) is 1.15. The van der Waals surface area contributed by atoms with E-state index in [9.17, 15) is 0 Å². The summed E-state index contributed by atoms with van der Waals surface area (Å²) in [6.07, 6.45) is 4.29. The van der Waals surface area contributed by atoms with Crippen LogP contribution < -0.4 is 4.90 Å². The van der Waals surface area contributed by atoms with E-state index in [0.29, 0.717) is 0 Å². The van der Waals surface area contributed by atoms with Crippen LogP contribution in [0.15, 0.2) is 48.7 Å². The monoisotopic (exact) mass is 232 g/mol. The molecule has 2 aromatic carbocycles. The Morgan fingerprint density at radius 1 is 0.944 bits per heavy atom. The average Bonchev–Trinajstić information content (AvgIpc) is 2.42. The van der Waals surface area contributed by atoms with Gasteiger partial charge in [0, 0.05) is 24.0 Å². The van der Waals surface area contributed by atoms with Crippen LogP contribution in [0.5, 0.6) is 0 Å². The van der Waals surface area contributed by atoms with Crippen molar-refractivity contribution < 1.29 is 0 Å². The molecule has 0 fully saturated rings. The maximum atomic E-state index is 4.75. The van der Waals surface area contributed by atoms with Crippen molar-refractivity contribution in [1.82, 2.24) is 4.98 Å². The molecule has 2 nitrogen and oxygen atoms in total. The normalized spacial score (nSPS) is 13.5. The number of anilines is 1. The number of benzene rings is 2. The van der Waals surface area contributed by atoms with Crippen LogP contribution in [0.3, 0.4) is 0 Å². The molecule has 0 N–H and O–H groups in total. The lowest BCUT2D eigenvalue weighted by Gasteiger charge is -2.22. The number of hydrogen-bond donors (Lipinski definition) is 0. The minimum atomic E-state index is 1.06. The first-order chi connectivity index (χ1) is 8.84. The third-order valence-electron chi connectivity index (χ3n) is 3.57. The molecule has 1 aliphatic heterocycles. The standard InChI is InChI=1S/C16H12N2/c1-18-10-9-12-11-5-2-3-6-13(11)17-14-7-4-8-15(18)16(12)14/h2-10H,1H3. The SMILES string of the molecule is CN1C=Cc2c3ccccc3nc3cccc1c23. The van der Waals surface area contributed by atoms with Crippen LogP contribution in [0, 0.1) is 0 Å². The summed E-state index contributed by atoms with van der Waals surface area (Å²) in [4.78, 5) is 6.90. The summed E-state index contributed by atoms with van der Waals surface area (Å²) in [5.74, 6) is 0. The Morgan fingerprint density at radius 2 is 1.78 bits per heavy atom. The molecule has 1 aliphatic rings. The summed E-state index contributed by atoms with van der Waals surface area (Å²) in [6, 6.07) is 14.6. The van der Waals surface area contributed by atoms with Gasteiger partial charge in [-0.15, -0.1) is 0 Å². The van der Waals surface area contributed by atoms with Crippen molar-refractivity contribution in [3.63, 3.8) is 0 Å². The Balaban J connectivity index is 2.31. The second-order valence-corrected chi connectivity index (χ2v) is 4.64. The third-order valence-corrected chi connectivity index (χ3v) is 3.57. The average molecular weight is 232 g/mol. The van der Waals surface area contributed by atoms with Crippen LogP contribution in [0.4, 0.5) is 5.69 Å². The first-order valence-corrected chi connectivity index (χ1v) is 6.07. The van der Waals surface area contributed by atoms with Gasteiger partial charge in [0.1, 0.15) is 0 Å². The molecule has 18 heavy (non-hydrogen) atoms. The van der Waals surface area contributed by atoms with Gasteiger partial charge in [0.25, 0.3) is 0 Å². The summed E-state index contributed by atoms with van der Waals surface area (Å²) < 4.78 is 0. The Labute approximate surface area is 105 Å². The number of pyridine rings is 1. The highest BCUT2D eigenvalue weighted by atomic mass is 15.1. The van der Waals surface area contributed by atoms with E-state index < -0.39 is 0 Å². The molecule has 86 valence electrons. The largest absolute Gasteiger partial charge is 0.350 e. The van der Waals surface area contributed by atoms with Crippen LogP contribution in [0.25, 0.3) is 27.9 Å². The van der Waals surface area contributed by atoms with Crippen molar-refractivity contribution in [1.29, 1.82) is 0 Å². The minimum absolute atomic E-state index is 1.06. The van der Waals surface area contributed by atoms with Gasteiger partial charge in [-0.3, -0.25) is 0 Å². The Bertz CT molecular complexity index is 803. The zero-order valence-electron chi connectivity index (χ0n) is 10.1. The fourth-order valence-corrected chi connectivity index (χ4v) is 2.69. The number of para-hydroxylation sites is 1. The van der Waals surface area contributed by atoms with Crippen molar-refractivity contribution in [2.45, 2.75) is 0 Å². The first-order valence-electron chi connectivity index (χ1n) is 6.07. The lowest BCUT2D eigenvalue weighted by molar-refractivity contribution is 1.21. The van der Waals surface area contributed by atoms with Crippen LogP contribution in [-0.2, 0) is 0 Å². The maximum Gasteiger partial charge on any atom is 0.0736 e. The second kappa shape index (κ2) is 3.33. The summed E-state index contributed by atoms with van der Waals surface area (Å²) in [5.41, 5.74) is 4.64. The molecule has 0 atom stereocenters. The van der Waals surface area contributed by atoms with Gasteiger partial charge in [-0.2, -0.15) is 0 Å². The van der Waals surface area contributed by atoms with E-state index in [1.54, 1.807) is 0 Å². The molecule has 2 heterocycles. The highest BCUT2D eigenvalue weighted by molar-refractivity contribution is 6.09. The number of rotatable bonds is 0. The van der Waals surface area contributed by atoms with Gasteiger partial charge in [-0.25, -0.2) is 4.98 Å². The van der Waals surface area contributed by atoms with E-state index >= 15 is 0 Å². The molecule has 0 aliphatic carbocycles. The summed E-state index contributed by atoms with van der Waals surface area (Å²) >= 11 is 0. The number of hydrogen-bond acceptors (Lipinski definition) is 2. The summed E-state index contributed by atoms with van der Waals surface area (Å²) in [6.45, 7) is 0. The smallest absolute Gasteiger partial charge is 0.0736 e. The molecule has 2 heteroatoms. The van der Waals surface area contributed by atoms with E-state index in [-0.39, 0.29) is 0 Å². The lowest BCUT2D eigenvalue weighted by atomic mass is 9.99. The molecule has 1 aromatic heterocycles. The minimum Gasteiger partial charge on any atom is -0.350 e. The Hall–Kier alpha value is -2.35. The highest BCUT2D eigenvalue weighted by Gasteiger charge is 2.15. The van der Waals surface area contributed by atoms with Crippen LogP contribution >= 0.6 is 0 Å². The fraction of sp³-hybridized carbons (Fsp3) is 0.0625. The molecule has 0 unspecified atom stereocenters. The van der Waals surface area contributed by atoms with Crippen LogP contribution in [0.1, 0.15) is 5.56 Å². The van der Waals surface area contributed by atoms with Gasteiger partial charge in [-0.05, 0) is 29.8 Å². The van der Waals surface area contributed by atoms with E-state index in [0.717, 1.165) is 11.0 Å². The van der Waals surface area contributed by atoms with E-state index in [1.807, 2.05) is 6.07 Å². The van der Waals surface area contributed by atoms with Crippen molar-refractivity contribution in [3.8, 4) is 0 Å². The van der Waals surface area contributed by atoms with Crippen molar-refractivity contribution >= 4 is 33.6 Å². The van der Waals surface area contributed by atoms with Gasteiger partial charge in [-0.1, -0.05) is 24.3 Å². The molecule has 0 spiro atoms. The Kier molecular flexibility index (Phi) is 1.78. The van der Waals surface area contributed by atoms with E-state index in [1.165, 1.54) is 22.0 Å². The molecule has 0 radical (unpaired) electrons. The number of nitrogens with zero attached hydrogens (tertiary/aromatic N) is 2. The van der Waals surface area contributed by atoms with E-state index in [2.05, 4.69) is 60.6 Å². The van der Waals surface area contributed by atoms with Crippen molar-refractivity contribution in [3.05, 3.63) is 54.2 Å². The maximum absolute atomic E-state index is 4.75. The molecule has 0 amide bonds. The molecule has 3 aromatic rings. The molecular weight excluding hydrogens is 220 g/mol. The molecule has 0 bridgehead atoms. The lowest BCUT2D eigenvalue weighted by Crippen LogP contribution is -2.11. The fourth-order valence-electron chi connectivity index (χ4n) is 2.69. The number of aromatic nitrogens is 1. The van der Waals surface area contributed by atoms with Crippen LogP contribution in [0.2, 0.25) is 0 Å². The zero-order valence-corrected chi connectivity index (χ0v) is 10.1. The van der Waals surface area contributed by atoms with Gasteiger partial charge >= 0.3 is 0 Å². The predicted molar refractivity (Wildman–Crippen MR) is 76.7 cm³/mol. The number of fused-ring (bicyclic) bond motifs is 2. The van der Waals surface area contributed by atoms with Gasteiger partial charge in [0.05, 0.1) is 16.7 Å². The highest BCUT2D eigenvalue weighted by Crippen LogP contribution is 2.36. The van der Waals surface area contributed by atoms with Gasteiger partial charge in [0.15, 0.2) is 0 Å². The summed E-state index contributed by atoms with van der Waals surface area (Å²) in [7, 11) is 2.07. The van der Waals surface area contributed by atoms with Crippen molar-refractivity contribution in [2.24, 2.45) is 0 Å². The predicted octanol–water partition coefficient (Wildman–Crippen LogP) is 3.81. The Morgan fingerprint density at radius 3 is 2.72 bits per heavy atom. The second-order valence-electron chi connectivity index (χ2n) is 4.64. The molecule has 0 saturated heterocycles. The van der Waals surface area contributed by atoms with Crippen LogP contribution in [-0.4, -0.2) is 12.0 Å². The van der Waals surface area contributed by atoms with E-state index in [4.69, 9.17) is 4.98 Å². The quantitative estimate of drug-likeness (QED) is 0.548. The van der Waals surface area contributed by atoms with Crippen molar-refractivity contribution in [2.75, 3.05) is 11.9 Å². The molecular formula is C16H12N2. The first kappa shape index (κ1) is 9.66. The topological polar surface area (TPSA) is 16.1 Å². The van der Waals surface area contributed by atoms with Gasteiger partial charge in [0.2, 0.25) is 0 Å².